The lowest BCUT2D eigenvalue weighted by atomic mass is 10.4. The summed E-state index contributed by atoms with van der Waals surface area (Å²) >= 11 is 0. The number of aryl methyl sites for hydroxylation is 1. The fraction of sp³-hybridized carbons (Fsp3) is 0.667. The Labute approximate surface area is 100 Å². The Hall–Kier alpha value is -0.960. The third kappa shape index (κ3) is 2.34. The molecule has 2 rings (SSSR count). The molecular formula is C9H16N4O3S. The smallest absolute Gasteiger partial charge is 0.263 e. The third-order valence-electron chi connectivity index (χ3n) is 2.66. The maximum absolute atomic E-state index is 12.2. The van der Waals surface area contributed by atoms with Crippen molar-refractivity contribution in [2.45, 2.75) is 24.7 Å². The van der Waals surface area contributed by atoms with Crippen LogP contribution in [0.5, 0.6) is 0 Å². The molecule has 0 bridgehead atoms. The second kappa shape index (κ2) is 4.73. The van der Waals surface area contributed by atoms with Gasteiger partial charge in [0, 0.05) is 19.3 Å². The molecule has 0 radical (unpaired) electrons. The molecule has 96 valence electrons. The van der Waals surface area contributed by atoms with Gasteiger partial charge in [0.1, 0.15) is 0 Å². The van der Waals surface area contributed by atoms with Crippen LogP contribution in [0.2, 0.25) is 0 Å². The number of sulfonamides is 1. The summed E-state index contributed by atoms with van der Waals surface area (Å²) in [4.78, 5) is 3.91. The topological polar surface area (TPSA) is 90.5 Å². The number of nitrogens with two attached hydrogens (primary N) is 1. The van der Waals surface area contributed by atoms with Crippen molar-refractivity contribution in [3.8, 4) is 0 Å². The lowest BCUT2D eigenvalue weighted by Crippen LogP contribution is -2.53. The van der Waals surface area contributed by atoms with Crippen molar-refractivity contribution in [2.24, 2.45) is 5.73 Å². The van der Waals surface area contributed by atoms with E-state index in [-0.39, 0.29) is 18.2 Å². The molecule has 2 heterocycles. The minimum Gasteiger partial charge on any atom is -0.377 e. The number of ether oxygens (including phenoxy) is 1. The highest BCUT2D eigenvalue weighted by atomic mass is 32.2. The first-order valence-corrected chi connectivity index (χ1v) is 6.86. The molecule has 0 aliphatic carbocycles. The Morgan fingerprint density at radius 1 is 1.65 bits per heavy atom. The number of morpholine rings is 1. The first kappa shape index (κ1) is 12.5. The van der Waals surface area contributed by atoms with E-state index in [1.165, 1.54) is 16.8 Å². The SMILES string of the molecule is CCn1cnc(S(=O)(=O)N2CCOCC2N)c1. The lowest BCUT2D eigenvalue weighted by Gasteiger charge is -2.31. The van der Waals surface area contributed by atoms with Crippen LogP contribution >= 0.6 is 0 Å². The van der Waals surface area contributed by atoms with Crippen molar-refractivity contribution < 1.29 is 13.2 Å². The van der Waals surface area contributed by atoms with Crippen molar-refractivity contribution in [3.63, 3.8) is 0 Å². The van der Waals surface area contributed by atoms with Crippen LogP contribution in [0.15, 0.2) is 17.6 Å². The molecule has 0 spiro atoms. The molecule has 8 heteroatoms. The zero-order chi connectivity index (χ0) is 12.5. The third-order valence-corrected chi connectivity index (χ3v) is 4.47. The molecule has 1 aromatic heterocycles. The number of imidazole rings is 1. The summed E-state index contributed by atoms with van der Waals surface area (Å²) in [5, 5.41) is 0.0386. The van der Waals surface area contributed by atoms with Gasteiger partial charge in [-0.1, -0.05) is 0 Å². The van der Waals surface area contributed by atoms with Crippen LogP contribution in [-0.4, -0.2) is 48.2 Å². The van der Waals surface area contributed by atoms with Gasteiger partial charge < -0.3 is 15.0 Å². The van der Waals surface area contributed by atoms with Gasteiger partial charge in [-0.15, -0.1) is 0 Å². The van der Waals surface area contributed by atoms with Crippen LogP contribution in [-0.2, 0) is 21.3 Å². The van der Waals surface area contributed by atoms with Crippen molar-refractivity contribution in [1.29, 1.82) is 0 Å². The fourth-order valence-electron chi connectivity index (χ4n) is 1.67. The van der Waals surface area contributed by atoms with Crippen LogP contribution in [0.4, 0.5) is 0 Å². The normalized spacial score (nSPS) is 22.8. The molecule has 0 aromatic carbocycles. The van der Waals surface area contributed by atoms with Gasteiger partial charge in [-0.05, 0) is 6.92 Å². The highest BCUT2D eigenvalue weighted by molar-refractivity contribution is 7.89. The maximum atomic E-state index is 12.2. The molecule has 1 fully saturated rings. The van der Waals surface area contributed by atoms with Crippen LogP contribution in [0.1, 0.15) is 6.92 Å². The van der Waals surface area contributed by atoms with E-state index in [1.54, 1.807) is 4.57 Å². The predicted octanol–water partition coefficient (Wildman–Crippen LogP) is -0.791. The van der Waals surface area contributed by atoms with Crippen molar-refractivity contribution in [3.05, 3.63) is 12.5 Å². The molecular weight excluding hydrogens is 244 g/mol. The average molecular weight is 260 g/mol. The number of rotatable bonds is 3. The van der Waals surface area contributed by atoms with Crippen LogP contribution in [0.25, 0.3) is 0 Å². The molecule has 1 aliphatic rings. The monoisotopic (exact) mass is 260 g/mol. The molecule has 7 nitrogen and oxygen atoms in total. The summed E-state index contributed by atoms with van der Waals surface area (Å²) in [6, 6.07) is 0. The zero-order valence-electron chi connectivity index (χ0n) is 9.61. The maximum Gasteiger partial charge on any atom is 0.263 e. The second-order valence-corrected chi connectivity index (χ2v) is 5.64. The van der Waals surface area contributed by atoms with E-state index in [9.17, 15) is 8.42 Å². The minimum atomic E-state index is -3.60. The zero-order valence-corrected chi connectivity index (χ0v) is 10.4. The van der Waals surface area contributed by atoms with Gasteiger partial charge in [0.05, 0.1) is 25.7 Å². The molecule has 1 aliphatic heterocycles. The van der Waals surface area contributed by atoms with Gasteiger partial charge >= 0.3 is 0 Å². The van der Waals surface area contributed by atoms with E-state index in [0.29, 0.717) is 13.2 Å². The number of hydrogen-bond donors (Lipinski definition) is 1. The summed E-state index contributed by atoms with van der Waals surface area (Å²) in [7, 11) is -3.60. The van der Waals surface area contributed by atoms with Crippen molar-refractivity contribution in [1.82, 2.24) is 13.9 Å². The molecule has 1 saturated heterocycles. The summed E-state index contributed by atoms with van der Waals surface area (Å²) in [6.07, 6.45) is 2.37. The van der Waals surface area contributed by atoms with Crippen molar-refractivity contribution in [2.75, 3.05) is 19.8 Å². The van der Waals surface area contributed by atoms with E-state index in [0.717, 1.165) is 0 Å². The van der Waals surface area contributed by atoms with Gasteiger partial charge in [-0.3, -0.25) is 0 Å². The summed E-state index contributed by atoms with van der Waals surface area (Å²) in [5.74, 6) is 0. The Kier molecular flexibility index (Phi) is 3.48. The van der Waals surface area contributed by atoms with E-state index >= 15 is 0 Å². The summed E-state index contributed by atoms with van der Waals surface area (Å²) in [5.41, 5.74) is 5.73. The van der Waals surface area contributed by atoms with E-state index in [4.69, 9.17) is 10.5 Å². The Morgan fingerprint density at radius 3 is 3.00 bits per heavy atom. The molecule has 17 heavy (non-hydrogen) atoms. The molecule has 2 N–H and O–H groups in total. The van der Waals surface area contributed by atoms with Gasteiger partial charge in [0.2, 0.25) is 0 Å². The standard InChI is InChI=1S/C9H16N4O3S/c1-2-12-5-9(11-7-12)17(14,15)13-3-4-16-6-8(13)10/h5,7-8H,2-4,6,10H2,1H3. The first-order chi connectivity index (χ1) is 8.05. The van der Waals surface area contributed by atoms with Gasteiger partial charge in [-0.2, -0.15) is 4.31 Å². The number of nitrogens with zero attached hydrogens (tertiary/aromatic N) is 3. The van der Waals surface area contributed by atoms with Gasteiger partial charge in [0.15, 0.2) is 5.03 Å². The molecule has 0 amide bonds. The summed E-state index contributed by atoms with van der Waals surface area (Å²) < 4.78 is 32.5. The summed E-state index contributed by atoms with van der Waals surface area (Å²) in [6.45, 7) is 3.44. The van der Waals surface area contributed by atoms with Gasteiger partial charge in [-0.25, -0.2) is 13.4 Å². The van der Waals surface area contributed by atoms with Crippen LogP contribution < -0.4 is 5.73 Å². The number of hydrogen-bond acceptors (Lipinski definition) is 5. The minimum absolute atomic E-state index is 0.0386. The highest BCUT2D eigenvalue weighted by Crippen LogP contribution is 2.16. The van der Waals surface area contributed by atoms with Gasteiger partial charge in [0.25, 0.3) is 10.0 Å². The predicted molar refractivity (Wildman–Crippen MR) is 60.6 cm³/mol. The van der Waals surface area contributed by atoms with E-state index < -0.39 is 16.2 Å². The van der Waals surface area contributed by atoms with Crippen LogP contribution in [0.3, 0.4) is 0 Å². The largest absolute Gasteiger partial charge is 0.377 e. The van der Waals surface area contributed by atoms with E-state index in [1.807, 2.05) is 6.92 Å². The first-order valence-electron chi connectivity index (χ1n) is 5.42. The molecule has 1 atom stereocenters. The van der Waals surface area contributed by atoms with Crippen LogP contribution in [0, 0.1) is 0 Å². The molecule has 0 saturated carbocycles. The van der Waals surface area contributed by atoms with Crippen molar-refractivity contribution >= 4 is 10.0 Å². The Bertz CT molecular complexity index is 484. The Balaban J connectivity index is 2.28. The average Bonchev–Trinajstić information content (AvgIpc) is 2.78. The molecule has 1 unspecified atom stereocenters. The number of aromatic nitrogens is 2. The second-order valence-electron chi connectivity index (χ2n) is 3.80. The quantitative estimate of drug-likeness (QED) is 0.769. The fourth-order valence-corrected chi connectivity index (χ4v) is 3.09. The highest BCUT2D eigenvalue weighted by Gasteiger charge is 2.33. The lowest BCUT2D eigenvalue weighted by molar-refractivity contribution is 0.0349. The molecule has 1 aromatic rings. The Morgan fingerprint density at radius 2 is 2.41 bits per heavy atom. The van der Waals surface area contributed by atoms with E-state index in [2.05, 4.69) is 4.98 Å².